The molecule has 0 atom stereocenters. The standard InChI is InChI=1S/C18H13NO3/c20-14-8-6-11-5-7-13(9-12(11)10-14)19-17(21)15-3-1-2-4-16(15)18(19)22/h1-5,7,9H,6,8,10H2. The maximum Gasteiger partial charge on any atom is 0.266 e. The normalized spacial score (nSPS) is 16.7. The molecule has 4 heteroatoms. The lowest BCUT2D eigenvalue weighted by atomic mass is 9.90. The number of anilines is 1. The van der Waals surface area contributed by atoms with Crippen LogP contribution in [0.1, 0.15) is 38.3 Å². The largest absolute Gasteiger partial charge is 0.299 e. The van der Waals surface area contributed by atoms with Gasteiger partial charge in [0.05, 0.1) is 16.8 Å². The van der Waals surface area contributed by atoms with Gasteiger partial charge in [0, 0.05) is 12.8 Å². The zero-order valence-electron chi connectivity index (χ0n) is 11.8. The van der Waals surface area contributed by atoms with Crippen molar-refractivity contribution in [2.45, 2.75) is 19.3 Å². The summed E-state index contributed by atoms with van der Waals surface area (Å²) < 4.78 is 0. The van der Waals surface area contributed by atoms with Gasteiger partial charge in [0.1, 0.15) is 5.78 Å². The molecule has 0 aromatic heterocycles. The van der Waals surface area contributed by atoms with Crippen LogP contribution in [0, 0.1) is 0 Å². The number of benzene rings is 2. The number of ketones is 1. The Labute approximate surface area is 127 Å². The lowest BCUT2D eigenvalue weighted by Gasteiger charge is -2.19. The van der Waals surface area contributed by atoms with Crippen molar-refractivity contribution in [1.29, 1.82) is 0 Å². The number of hydrogen-bond donors (Lipinski definition) is 0. The molecule has 2 aliphatic rings. The number of rotatable bonds is 1. The molecule has 22 heavy (non-hydrogen) atoms. The van der Waals surface area contributed by atoms with Crippen LogP contribution >= 0.6 is 0 Å². The average molecular weight is 291 g/mol. The molecule has 2 aromatic rings. The lowest BCUT2D eigenvalue weighted by Crippen LogP contribution is -2.29. The summed E-state index contributed by atoms with van der Waals surface area (Å²) in [5.41, 5.74) is 3.45. The number of aryl methyl sites for hydroxylation is 1. The molecule has 4 nitrogen and oxygen atoms in total. The van der Waals surface area contributed by atoms with Gasteiger partial charge in [-0.3, -0.25) is 14.4 Å². The topological polar surface area (TPSA) is 54.5 Å². The van der Waals surface area contributed by atoms with E-state index in [1.54, 1.807) is 36.4 Å². The Morgan fingerprint density at radius 2 is 1.45 bits per heavy atom. The summed E-state index contributed by atoms with van der Waals surface area (Å²) in [5, 5.41) is 0. The number of nitrogens with zero attached hydrogens (tertiary/aromatic N) is 1. The zero-order valence-corrected chi connectivity index (χ0v) is 11.8. The number of carbonyl (C=O) groups is 3. The minimum atomic E-state index is -0.303. The molecule has 0 spiro atoms. The van der Waals surface area contributed by atoms with E-state index in [9.17, 15) is 14.4 Å². The van der Waals surface area contributed by atoms with Gasteiger partial charge in [-0.15, -0.1) is 0 Å². The molecule has 0 saturated heterocycles. The van der Waals surface area contributed by atoms with E-state index in [2.05, 4.69) is 0 Å². The van der Waals surface area contributed by atoms with E-state index < -0.39 is 0 Å². The molecule has 4 rings (SSSR count). The first-order valence-electron chi connectivity index (χ1n) is 7.26. The molecule has 2 amide bonds. The third kappa shape index (κ3) is 1.80. The van der Waals surface area contributed by atoms with E-state index in [1.807, 2.05) is 6.07 Å². The van der Waals surface area contributed by atoms with Gasteiger partial charge >= 0.3 is 0 Å². The molecule has 0 unspecified atom stereocenters. The maximum absolute atomic E-state index is 12.5. The smallest absolute Gasteiger partial charge is 0.266 e. The van der Waals surface area contributed by atoms with E-state index in [0.29, 0.717) is 29.7 Å². The van der Waals surface area contributed by atoms with Crippen LogP contribution < -0.4 is 4.90 Å². The molecule has 1 aliphatic carbocycles. The van der Waals surface area contributed by atoms with Crippen molar-refractivity contribution < 1.29 is 14.4 Å². The third-order valence-corrected chi connectivity index (χ3v) is 4.30. The average Bonchev–Trinajstić information content (AvgIpc) is 2.79. The summed E-state index contributed by atoms with van der Waals surface area (Å²) in [6.45, 7) is 0. The first kappa shape index (κ1) is 13.0. The summed E-state index contributed by atoms with van der Waals surface area (Å²) >= 11 is 0. The Morgan fingerprint density at radius 3 is 2.14 bits per heavy atom. The van der Waals surface area contributed by atoms with Gasteiger partial charge in [-0.05, 0) is 41.8 Å². The molecule has 0 N–H and O–H groups in total. The highest BCUT2D eigenvalue weighted by Gasteiger charge is 2.36. The molecule has 108 valence electrons. The van der Waals surface area contributed by atoms with Gasteiger partial charge in [0.15, 0.2) is 0 Å². The molecular formula is C18H13NO3. The first-order valence-corrected chi connectivity index (χ1v) is 7.26. The zero-order chi connectivity index (χ0) is 15.3. The van der Waals surface area contributed by atoms with Gasteiger partial charge in [0.25, 0.3) is 11.8 Å². The monoisotopic (exact) mass is 291 g/mol. The van der Waals surface area contributed by atoms with E-state index in [-0.39, 0.29) is 17.6 Å². The van der Waals surface area contributed by atoms with E-state index in [0.717, 1.165) is 17.5 Å². The van der Waals surface area contributed by atoms with Crippen molar-refractivity contribution >= 4 is 23.3 Å². The molecule has 0 bridgehead atoms. The second-order valence-electron chi connectivity index (χ2n) is 5.66. The molecule has 0 fully saturated rings. The quantitative estimate of drug-likeness (QED) is 0.759. The highest BCUT2D eigenvalue weighted by Crippen LogP contribution is 2.31. The first-order chi connectivity index (χ1) is 10.6. The van der Waals surface area contributed by atoms with Crippen molar-refractivity contribution in [3.63, 3.8) is 0 Å². The molecule has 1 heterocycles. The minimum Gasteiger partial charge on any atom is -0.299 e. The fourth-order valence-corrected chi connectivity index (χ4v) is 3.16. The van der Waals surface area contributed by atoms with E-state index in [4.69, 9.17) is 0 Å². The highest BCUT2D eigenvalue weighted by molar-refractivity contribution is 6.34. The predicted octanol–water partition coefficient (Wildman–Crippen LogP) is 2.55. The fourth-order valence-electron chi connectivity index (χ4n) is 3.16. The molecule has 1 aliphatic heterocycles. The Kier molecular flexibility index (Phi) is 2.73. The van der Waals surface area contributed by atoms with Crippen molar-refractivity contribution in [2.24, 2.45) is 0 Å². The Morgan fingerprint density at radius 1 is 0.773 bits per heavy atom. The molecular weight excluding hydrogens is 278 g/mol. The van der Waals surface area contributed by atoms with Crippen molar-refractivity contribution in [1.82, 2.24) is 0 Å². The van der Waals surface area contributed by atoms with Crippen LogP contribution in [0.3, 0.4) is 0 Å². The van der Waals surface area contributed by atoms with E-state index >= 15 is 0 Å². The molecule has 0 radical (unpaired) electrons. The summed E-state index contributed by atoms with van der Waals surface area (Å²) in [7, 11) is 0. The second kappa shape index (κ2) is 4.63. The number of hydrogen-bond acceptors (Lipinski definition) is 3. The van der Waals surface area contributed by atoms with Gasteiger partial charge in [-0.25, -0.2) is 4.90 Å². The molecule has 2 aromatic carbocycles. The van der Waals surface area contributed by atoms with Gasteiger partial charge in [0.2, 0.25) is 0 Å². The van der Waals surface area contributed by atoms with Crippen LogP contribution in [0.25, 0.3) is 0 Å². The maximum atomic E-state index is 12.5. The van der Waals surface area contributed by atoms with Crippen molar-refractivity contribution in [3.8, 4) is 0 Å². The minimum absolute atomic E-state index is 0.201. The van der Waals surface area contributed by atoms with Gasteiger partial charge in [-0.2, -0.15) is 0 Å². The Balaban J connectivity index is 1.78. The fraction of sp³-hybridized carbons (Fsp3) is 0.167. The summed E-state index contributed by atoms with van der Waals surface area (Å²) in [6, 6.07) is 12.3. The van der Waals surface area contributed by atoms with Crippen LogP contribution in [0.4, 0.5) is 5.69 Å². The predicted molar refractivity (Wildman–Crippen MR) is 81.1 cm³/mol. The number of fused-ring (bicyclic) bond motifs is 2. The van der Waals surface area contributed by atoms with Crippen LogP contribution in [0.15, 0.2) is 42.5 Å². The SMILES string of the molecule is O=C1CCc2ccc(N3C(=O)c4ccccc4C3=O)cc2C1. The van der Waals surface area contributed by atoms with Crippen LogP contribution in [0.5, 0.6) is 0 Å². The summed E-state index contributed by atoms with van der Waals surface area (Å²) in [5.74, 6) is -0.405. The Hall–Kier alpha value is -2.75. The Bertz CT molecular complexity index is 803. The number of amides is 2. The highest BCUT2D eigenvalue weighted by atomic mass is 16.2. The lowest BCUT2D eigenvalue weighted by molar-refractivity contribution is -0.118. The van der Waals surface area contributed by atoms with Gasteiger partial charge in [-0.1, -0.05) is 18.2 Å². The second-order valence-corrected chi connectivity index (χ2v) is 5.66. The van der Waals surface area contributed by atoms with Crippen LogP contribution in [-0.2, 0) is 17.6 Å². The summed E-state index contributed by atoms with van der Waals surface area (Å²) in [6.07, 6.45) is 1.68. The van der Waals surface area contributed by atoms with Crippen molar-refractivity contribution in [3.05, 3.63) is 64.7 Å². The number of carbonyl (C=O) groups excluding carboxylic acids is 3. The van der Waals surface area contributed by atoms with Crippen LogP contribution in [0.2, 0.25) is 0 Å². The molecule has 0 saturated carbocycles. The summed E-state index contributed by atoms with van der Waals surface area (Å²) in [4.78, 5) is 37.8. The number of Topliss-reactive ketones (excluding diaryl/α,β-unsaturated/α-hetero) is 1. The van der Waals surface area contributed by atoms with E-state index in [1.165, 1.54) is 4.90 Å². The third-order valence-electron chi connectivity index (χ3n) is 4.30. The number of imide groups is 1. The van der Waals surface area contributed by atoms with Gasteiger partial charge < -0.3 is 0 Å². The van der Waals surface area contributed by atoms with Crippen LogP contribution in [-0.4, -0.2) is 17.6 Å². The van der Waals surface area contributed by atoms with Crippen molar-refractivity contribution in [2.75, 3.05) is 4.90 Å².